The number of carbonyl (C=O) groups excluding carboxylic acids is 1. The van der Waals surface area contributed by atoms with E-state index in [2.05, 4.69) is 0 Å². The summed E-state index contributed by atoms with van der Waals surface area (Å²) in [5, 5.41) is 12.6. The van der Waals surface area contributed by atoms with Crippen LogP contribution in [0.5, 0.6) is 0 Å². The van der Waals surface area contributed by atoms with Crippen LogP contribution in [0.15, 0.2) is 33.0 Å². The Hall–Kier alpha value is -2.76. The number of hydrogen-bond donors (Lipinski definition) is 1. The molecule has 0 aliphatic carbocycles. The highest BCUT2D eigenvalue weighted by Crippen LogP contribution is 2.36. The molecule has 32 heavy (non-hydrogen) atoms. The summed E-state index contributed by atoms with van der Waals surface area (Å²) in [7, 11) is 0. The molecule has 1 fully saturated rings. The van der Waals surface area contributed by atoms with Crippen LogP contribution in [0, 0.1) is 17.0 Å². The molecule has 168 valence electrons. The van der Waals surface area contributed by atoms with Gasteiger partial charge in [-0.15, -0.1) is 11.3 Å². The van der Waals surface area contributed by atoms with Crippen LogP contribution in [-0.4, -0.2) is 33.1 Å². The van der Waals surface area contributed by atoms with E-state index in [1.54, 1.807) is 4.57 Å². The maximum absolute atomic E-state index is 13.5. The first-order valence-corrected chi connectivity index (χ1v) is 11.8. The summed E-state index contributed by atoms with van der Waals surface area (Å²) in [6.07, 6.45) is 2.37. The highest BCUT2D eigenvalue weighted by atomic mass is 32.2. The highest BCUT2D eigenvalue weighted by molar-refractivity contribution is 7.99. The number of aryl methyl sites for hydroxylation is 2. The van der Waals surface area contributed by atoms with Crippen molar-refractivity contribution in [2.24, 2.45) is 5.73 Å². The first-order valence-electron chi connectivity index (χ1n) is 10.2. The van der Waals surface area contributed by atoms with E-state index in [1.165, 1.54) is 23.5 Å². The number of nitrogens with zero attached hydrogens (tertiary/aromatic N) is 3. The molecule has 11 heteroatoms. The van der Waals surface area contributed by atoms with Gasteiger partial charge in [0.1, 0.15) is 4.83 Å². The maximum atomic E-state index is 13.5. The van der Waals surface area contributed by atoms with E-state index in [1.807, 2.05) is 13.8 Å². The molecule has 0 bridgehead atoms. The number of primary amides is 1. The summed E-state index contributed by atoms with van der Waals surface area (Å²) in [5.74, 6) is -0.749. The third-order valence-electron chi connectivity index (χ3n) is 5.48. The second-order valence-corrected chi connectivity index (χ2v) is 9.73. The Kier molecular flexibility index (Phi) is 6.31. The predicted octanol–water partition coefficient (Wildman–Crippen LogP) is 3.67. The zero-order valence-corrected chi connectivity index (χ0v) is 19.3. The Labute approximate surface area is 191 Å². The van der Waals surface area contributed by atoms with Crippen molar-refractivity contribution < 1.29 is 14.5 Å². The third-order valence-corrected chi connectivity index (χ3v) is 7.58. The van der Waals surface area contributed by atoms with E-state index in [4.69, 9.17) is 15.5 Å². The van der Waals surface area contributed by atoms with Crippen molar-refractivity contribution in [2.45, 2.75) is 55.8 Å². The lowest BCUT2D eigenvalue weighted by Crippen LogP contribution is -2.28. The Morgan fingerprint density at radius 2 is 2.25 bits per heavy atom. The summed E-state index contributed by atoms with van der Waals surface area (Å²) in [6, 6.07) is 4.05. The maximum Gasteiger partial charge on any atom is 0.284 e. The van der Waals surface area contributed by atoms with Crippen LogP contribution in [0.4, 0.5) is 5.69 Å². The van der Waals surface area contributed by atoms with Crippen LogP contribution in [0.25, 0.3) is 10.2 Å². The van der Waals surface area contributed by atoms with Gasteiger partial charge in [0.2, 0.25) is 5.91 Å². The monoisotopic (exact) mass is 474 g/mol. The average Bonchev–Trinajstić information content (AvgIpc) is 3.37. The second kappa shape index (κ2) is 9.00. The molecule has 1 aromatic carbocycles. The van der Waals surface area contributed by atoms with Gasteiger partial charge in [-0.25, -0.2) is 4.98 Å². The molecule has 0 saturated carbocycles. The molecular weight excluding hydrogens is 452 g/mol. The molecule has 1 saturated heterocycles. The molecule has 3 heterocycles. The molecule has 1 atom stereocenters. The summed E-state index contributed by atoms with van der Waals surface area (Å²) >= 11 is 2.48. The summed E-state index contributed by atoms with van der Waals surface area (Å²) in [6.45, 7) is 4.95. The number of thiophene rings is 1. The first-order chi connectivity index (χ1) is 15.3. The van der Waals surface area contributed by atoms with E-state index in [0.717, 1.165) is 47.5 Å². The Morgan fingerprint density at radius 3 is 2.88 bits per heavy atom. The SMILES string of the molecule is CCc1c(C)sc2nc(Sc3ccc(C(N)=O)cc3[N+](=O)[O-])n(CC3CCCO3)c(=O)c12. The Bertz CT molecular complexity index is 1280. The minimum atomic E-state index is -0.749. The lowest BCUT2D eigenvalue weighted by Gasteiger charge is -2.16. The molecule has 0 radical (unpaired) electrons. The molecule has 2 N–H and O–H groups in total. The fourth-order valence-corrected chi connectivity index (χ4v) is 6.02. The number of rotatable bonds is 7. The number of carbonyl (C=O) groups is 1. The lowest BCUT2D eigenvalue weighted by atomic mass is 10.1. The zero-order valence-electron chi connectivity index (χ0n) is 17.6. The molecule has 0 spiro atoms. The van der Waals surface area contributed by atoms with Gasteiger partial charge >= 0.3 is 0 Å². The standard InChI is InChI=1S/C21H22N4O5S2/c1-3-14-11(2)31-19-17(14)20(27)24(10-13-5-4-8-30-13)21(23-19)32-16-7-6-12(18(22)26)9-15(16)25(28)29/h6-7,9,13H,3-5,8,10H2,1-2H3,(H2,22,26). The number of fused-ring (bicyclic) bond motifs is 1. The molecule has 4 rings (SSSR count). The van der Waals surface area contributed by atoms with Crippen LogP contribution in [0.1, 0.15) is 40.6 Å². The highest BCUT2D eigenvalue weighted by Gasteiger charge is 2.25. The van der Waals surface area contributed by atoms with Gasteiger partial charge in [0.05, 0.1) is 27.9 Å². The van der Waals surface area contributed by atoms with Gasteiger partial charge in [-0.3, -0.25) is 24.3 Å². The molecular formula is C21H22N4O5S2. The molecule has 3 aromatic rings. The second-order valence-electron chi connectivity index (χ2n) is 7.52. The number of nitro groups is 1. The Morgan fingerprint density at radius 1 is 1.47 bits per heavy atom. The smallest absolute Gasteiger partial charge is 0.284 e. The van der Waals surface area contributed by atoms with Crippen molar-refractivity contribution in [1.82, 2.24) is 9.55 Å². The normalized spacial score (nSPS) is 16.0. The molecule has 1 amide bonds. The predicted molar refractivity (Wildman–Crippen MR) is 123 cm³/mol. The number of nitro benzene ring substituents is 1. The molecule has 9 nitrogen and oxygen atoms in total. The molecule has 1 unspecified atom stereocenters. The summed E-state index contributed by atoms with van der Waals surface area (Å²) < 4.78 is 7.31. The van der Waals surface area contributed by atoms with E-state index in [0.29, 0.717) is 28.5 Å². The van der Waals surface area contributed by atoms with Crippen LogP contribution < -0.4 is 11.3 Å². The number of amides is 1. The summed E-state index contributed by atoms with van der Waals surface area (Å²) in [4.78, 5) is 42.8. The minimum Gasteiger partial charge on any atom is -0.376 e. The van der Waals surface area contributed by atoms with Gasteiger partial charge in [-0.2, -0.15) is 0 Å². The fourth-order valence-electron chi connectivity index (χ4n) is 3.89. The van der Waals surface area contributed by atoms with Crippen molar-refractivity contribution in [2.75, 3.05) is 6.61 Å². The van der Waals surface area contributed by atoms with E-state index < -0.39 is 10.8 Å². The first kappa shape index (κ1) is 22.4. The molecule has 2 aromatic heterocycles. The van der Waals surface area contributed by atoms with Crippen LogP contribution >= 0.6 is 23.1 Å². The minimum absolute atomic E-state index is 0.0441. The van der Waals surface area contributed by atoms with E-state index >= 15 is 0 Å². The zero-order chi connectivity index (χ0) is 23.0. The van der Waals surface area contributed by atoms with Crippen LogP contribution in [-0.2, 0) is 17.7 Å². The Balaban J connectivity index is 1.87. The van der Waals surface area contributed by atoms with Gasteiger partial charge in [-0.05, 0) is 55.6 Å². The van der Waals surface area contributed by atoms with Crippen LogP contribution in [0.2, 0.25) is 0 Å². The molecule has 1 aliphatic heterocycles. The van der Waals surface area contributed by atoms with Crippen molar-refractivity contribution in [3.05, 3.63) is 54.7 Å². The number of hydrogen-bond acceptors (Lipinski definition) is 8. The van der Waals surface area contributed by atoms with E-state index in [9.17, 15) is 19.7 Å². The van der Waals surface area contributed by atoms with Gasteiger partial charge in [-0.1, -0.05) is 6.92 Å². The van der Waals surface area contributed by atoms with Crippen molar-refractivity contribution in [3.63, 3.8) is 0 Å². The van der Waals surface area contributed by atoms with E-state index in [-0.39, 0.29) is 27.8 Å². The van der Waals surface area contributed by atoms with Gasteiger partial charge < -0.3 is 10.5 Å². The van der Waals surface area contributed by atoms with Crippen molar-refractivity contribution in [3.8, 4) is 0 Å². The largest absolute Gasteiger partial charge is 0.376 e. The number of benzene rings is 1. The lowest BCUT2D eigenvalue weighted by molar-refractivity contribution is -0.387. The van der Waals surface area contributed by atoms with Crippen molar-refractivity contribution in [1.29, 1.82) is 0 Å². The quantitative estimate of drug-likeness (QED) is 0.314. The topological polar surface area (TPSA) is 130 Å². The summed E-state index contributed by atoms with van der Waals surface area (Å²) in [5.41, 5.74) is 5.88. The van der Waals surface area contributed by atoms with Gasteiger partial charge in [0.15, 0.2) is 5.16 Å². The number of nitrogens with two attached hydrogens (primary N) is 1. The molecule has 1 aliphatic rings. The third kappa shape index (κ3) is 4.15. The van der Waals surface area contributed by atoms with Crippen LogP contribution in [0.3, 0.4) is 0 Å². The number of aromatic nitrogens is 2. The number of ether oxygens (including phenoxy) is 1. The fraction of sp³-hybridized carbons (Fsp3) is 0.381. The van der Waals surface area contributed by atoms with Crippen molar-refractivity contribution >= 4 is 44.9 Å². The van der Waals surface area contributed by atoms with Gasteiger partial charge in [0.25, 0.3) is 11.2 Å². The average molecular weight is 475 g/mol. The van der Waals surface area contributed by atoms with Gasteiger partial charge in [0, 0.05) is 23.1 Å².